The number of hydrogen-bond donors (Lipinski definition) is 1. The Labute approximate surface area is 197 Å². The number of aromatic nitrogens is 4. The van der Waals surface area contributed by atoms with E-state index >= 15 is 0 Å². The van der Waals surface area contributed by atoms with Crippen LogP contribution in [0.2, 0.25) is 0 Å². The molecule has 0 radical (unpaired) electrons. The Hall–Kier alpha value is -3.19. The topological polar surface area (TPSA) is 80.7 Å². The Kier molecular flexibility index (Phi) is 6.67. The second-order valence-electron chi connectivity index (χ2n) is 8.48. The van der Waals surface area contributed by atoms with Gasteiger partial charge in [0, 0.05) is 42.4 Å². The third-order valence-electron chi connectivity index (χ3n) is 6.16. The molecule has 0 bridgehead atoms. The van der Waals surface area contributed by atoms with Crippen molar-refractivity contribution in [1.82, 2.24) is 19.9 Å². The molecule has 5 rings (SSSR count). The molecule has 0 aliphatic carbocycles. The molecule has 1 aliphatic rings. The highest BCUT2D eigenvalue weighted by molar-refractivity contribution is 7.09. The number of rotatable bonds is 9. The number of benzene rings is 1. The van der Waals surface area contributed by atoms with Crippen LogP contribution in [0, 0.1) is 0 Å². The number of nitrogens with zero attached hydrogens (tertiary/aromatic N) is 4. The zero-order valence-electron chi connectivity index (χ0n) is 18.5. The molecule has 0 fully saturated rings. The molecule has 0 saturated carbocycles. The van der Waals surface area contributed by atoms with Gasteiger partial charge in [-0.3, -0.25) is 9.97 Å². The number of aryl methyl sites for hydroxylation is 3. The summed E-state index contributed by atoms with van der Waals surface area (Å²) in [6.45, 7) is 1.02. The highest BCUT2D eigenvalue weighted by Crippen LogP contribution is 2.31. The van der Waals surface area contributed by atoms with Crippen molar-refractivity contribution in [3.05, 3.63) is 75.6 Å². The number of pyridine rings is 1. The van der Waals surface area contributed by atoms with Gasteiger partial charge in [-0.2, -0.15) is 0 Å². The maximum atomic E-state index is 11.4. The lowest BCUT2D eigenvalue weighted by atomic mass is 9.96. The smallest absolute Gasteiger partial charge is 0.129 e. The van der Waals surface area contributed by atoms with Crippen LogP contribution in [0.25, 0.3) is 11.0 Å². The monoisotopic (exact) mass is 457 g/mol. The molecule has 168 valence electrons. The summed E-state index contributed by atoms with van der Waals surface area (Å²) in [5, 5.41) is 6.54. The molecule has 1 atom stereocenters. The minimum absolute atomic E-state index is 0.0418. The number of carbonyl (C=O) groups excluding carboxylic acids is 1. The van der Waals surface area contributed by atoms with E-state index in [1.165, 1.54) is 12.0 Å². The van der Waals surface area contributed by atoms with Crippen molar-refractivity contribution >= 4 is 34.5 Å². The maximum absolute atomic E-state index is 11.4. The van der Waals surface area contributed by atoms with Crippen LogP contribution in [0.1, 0.15) is 59.1 Å². The first kappa shape index (κ1) is 21.6. The number of aldehydes is 1. The first-order valence-corrected chi connectivity index (χ1v) is 12.5. The van der Waals surface area contributed by atoms with Gasteiger partial charge in [0.1, 0.15) is 17.1 Å². The number of carbonyl (C=O) groups is 1. The minimum atomic E-state index is -0.0418. The van der Waals surface area contributed by atoms with Gasteiger partial charge in [0.05, 0.1) is 16.7 Å². The normalized spacial score (nSPS) is 13.9. The molecule has 3 aromatic heterocycles. The quantitative estimate of drug-likeness (QED) is 0.277. The summed E-state index contributed by atoms with van der Waals surface area (Å²) >= 11 is 1.64. The number of thiazole rings is 1. The van der Waals surface area contributed by atoms with Gasteiger partial charge < -0.3 is 10.1 Å². The lowest BCUT2D eigenvalue weighted by Gasteiger charge is -2.17. The molecule has 1 unspecified atom stereocenters. The average molecular weight is 458 g/mol. The lowest BCUT2D eigenvalue weighted by Crippen LogP contribution is -2.14. The predicted molar refractivity (Wildman–Crippen MR) is 132 cm³/mol. The van der Waals surface area contributed by atoms with Crippen LogP contribution in [-0.4, -0.2) is 32.8 Å². The Morgan fingerprint density at radius 3 is 2.73 bits per heavy atom. The van der Waals surface area contributed by atoms with Crippen molar-refractivity contribution in [3.63, 3.8) is 0 Å². The predicted octanol–water partition coefficient (Wildman–Crippen LogP) is 5.13. The molecular weight excluding hydrogens is 430 g/mol. The largest absolute Gasteiger partial charge is 0.370 e. The third-order valence-corrected chi connectivity index (χ3v) is 7.17. The van der Waals surface area contributed by atoms with Crippen LogP contribution in [0.15, 0.2) is 48.1 Å². The molecule has 33 heavy (non-hydrogen) atoms. The standard InChI is InChI=1S/C26H27N5OS/c32-15-11-22(19-8-10-23-24(16-19)28-14-13-27-23)26-31-21(17-33-26)6-2-1-5-20-9-7-18-4-3-12-29-25(18)30-20/h7-10,13-17,22H,1-6,11-12H2,(H,29,30). The maximum Gasteiger partial charge on any atom is 0.129 e. The Bertz CT molecular complexity index is 1250. The SMILES string of the molecule is O=CCC(c1ccc2nccnc2c1)c1nc(CCCCc2ccc3c(n2)NCCC3)cs1. The second-order valence-corrected chi connectivity index (χ2v) is 9.37. The molecule has 1 aliphatic heterocycles. The third kappa shape index (κ3) is 5.09. The number of nitrogens with one attached hydrogen (secondary N) is 1. The molecular formula is C26H27N5OS. The zero-order valence-corrected chi connectivity index (χ0v) is 19.4. The van der Waals surface area contributed by atoms with Crippen LogP contribution in [0.5, 0.6) is 0 Å². The molecule has 0 spiro atoms. The van der Waals surface area contributed by atoms with Crippen molar-refractivity contribution < 1.29 is 4.79 Å². The molecule has 0 saturated heterocycles. The molecule has 4 heterocycles. The second kappa shape index (κ2) is 10.2. The van der Waals surface area contributed by atoms with Gasteiger partial charge >= 0.3 is 0 Å². The highest BCUT2D eigenvalue weighted by Gasteiger charge is 2.19. The van der Waals surface area contributed by atoms with Gasteiger partial charge in [-0.25, -0.2) is 9.97 Å². The summed E-state index contributed by atoms with van der Waals surface area (Å²) in [6.07, 6.45) is 11.2. The van der Waals surface area contributed by atoms with Crippen LogP contribution in [0.4, 0.5) is 5.82 Å². The van der Waals surface area contributed by atoms with Crippen LogP contribution < -0.4 is 5.32 Å². The summed E-state index contributed by atoms with van der Waals surface area (Å²) < 4.78 is 0. The molecule has 1 aromatic carbocycles. The van der Waals surface area contributed by atoms with Crippen LogP contribution in [-0.2, 0) is 24.1 Å². The van der Waals surface area contributed by atoms with Crippen LogP contribution >= 0.6 is 11.3 Å². The van der Waals surface area contributed by atoms with Crippen molar-refractivity contribution in [3.8, 4) is 0 Å². The molecule has 0 amide bonds. The zero-order chi connectivity index (χ0) is 22.5. The van der Waals surface area contributed by atoms with Gasteiger partial charge in [-0.05, 0) is 67.9 Å². The number of hydrogen-bond acceptors (Lipinski definition) is 7. The van der Waals surface area contributed by atoms with Gasteiger partial charge in [0.25, 0.3) is 0 Å². The minimum Gasteiger partial charge on any atom is -0.370 e. The highest BCUT2D eigenvalue weighted by atomic mass is 32.1. The van der Waals surface area contributed by atoms with E-state index in [9.17, 15) is 4.79 Å². The Morgan fingerprint density at radius 1 is 1.00 bits per heavy atom. The first-order valence-electron chi connectivity index (χ1n) is 11.6. The Morgan fingerprint density at radius 2 is 1.85 bits per heavy atom. The van der Waals surface area contributed by atoms with E-state index in [0.29, 0.717) is 6.42 Å². The van der Waals surface area contributed by atoms with Crippen molar-refractivity contribution in [1.29, 1.82) is 0 Å². The van der Waals surface area contributed by atoms with Gasteiger partial charge in [-0.15, -0.1) is 11.3 Å². The summed E-state index contributed by atoms with van der Waals surface area (Å²) in [7, 11) is 0. The lowest BCUT2D eigenvalue weighted by molar-refractivity contribution is -0.108. The number of fused-ring (bicyclic) bond motifs is 2. The average Bonchev–Trinajstić information content (AvgIpc) is 3.33. The van der Waals surface area contributed by atoms with E-state index in [4.69, 9.17) is 9.97 Å². The first-order chi connectivity index (χ1) is 16.3. The van der Waals surface area contributed by atoms with E-state index in [2.05, 4.69) is 32.8 Å². The van der Waals surface area contributed by atoms with Gasteiger partial charge in [0.2, 0.25) is 0 Å². The fraction of sp³-hybridized carbons (Fsp3) is 0.346. The summed E-state index contributed by atoms with van der Waals surface area (Å²) in [4.78, 5) is 29.8. The van der Waals surface area contributed by atoms with Crippen LogP contribution in [0.3, 0.4) is 0 Å². The van der Waals surface area contributed by atoms with Gasteiger partial charge in [0.15, 0.2) is 0 Å². The molecule has 1 N–H and O–H groups in total. The van der Waals surface area contributed by atoms with E-state index in [0.717, 1.165) is 83.7 Å². The summed E-state index contributed by atoms with van der Waals surface area (Å²) in [5.74, 6) is 1.03. The van der Waals surface area contributed by atoms with E-state index in [1.807, 2.05) is 18.2 Å². The van der Waals surface area contributed by atoms with E-state index in [-0.39, 0.29) is 5.92 Å². The number of unbranched alkanes of at least 4 members (excludes halogenated alkanes) is 1. The Balaban J connectivity index is 1.20. The fourth-order valence-corrected chi connectivity index (χ4v) is 5.38. The summed E-state index contributed by atoms with van der Waals surface area (Å²) in [6, 6.07) is 10.4. The van der Waals surface area contributed by atoms with Crippen molar-refractivity contribution in [2.45, 2.75) is 50.9 Å². The van der Waals surface area contributed by atoms with E-state index < -0.39 is 0 Å². The van der Waals surface area contributed by atoms with Crippen molar-refractivity contribution in [2.24, 2.45) is 0 Å². The van der Waals surface area contributed by atoms with Crippen molar-refractivity contribution in [2.75, 3.05) is 11.9 Å². The van der Waals surface area contributed by atoms with E-state index in [1.54, 1.807) is 23.7 Å². The molecule has 4 aromatic rings. The molecule has 6 nitrogen and oxygen atoms in total. The summed E-state index contributed by atoms with van der Waals surface area (Å²) in [5.41, 5.74) is 6.36. The fourth-order valence-electron chi connectivity index (χ4n) is 4.39. The number of anilines is 1. The molecule has 7 heteroatoms. The van der Waals surface area contributed by atoms with Gasteiger partial charge in [-0.1, -0.05) is 12.1 Å².